The van der Waals surface area contributed by atoms with E-state index in [0.29, 0.717) is 11.5 Å². The summed E-state index contributed by atoms with van der Waals surface area (Å²) < 4.78 is 3.31. The maximum Gasteiger partial charge on any atom is 0.339 e. The van der Waals surface area contributed by atoms with Gasteiger partial charge in [-0.1, -0.05) is 30.9 Å². The number of nitrogens with zero attached hydrogens (tertiary/aromatic N) is 6. The number of para-hydroxylation sites is 1. The number of hydrogen-bond acceptors (Lipinski definition) is 5. The summed E-state index contributed by atoms with van der Waals surface area (Å²) in [6.07, 6.45) is 8.87. The van der Waals surface area contributed by atoms with Gasteiger partial charge in [0.25, 0.3) is 0 Å². The molecule has 0 bridgehead atoms. The average molecular weight is 423 g/mol. The highest BCUT2D eigenvalue weighted by Gasteiger charge is 2.33. The van der Waals surface area contributed by atoms with E-state index in [1.165, 1.54) is 0 Å². The van der Waals surface area contributed by atoms with E-state index in [0.717, 1.165) is 47.5 Å². The molecule has 8 heteroatoms. The van der Waals surface area contributed by atoms with Crippen LogP contribution in [0.3, 0.4) is 0 Å². The van der Waals surface area contributed by atoms with E-state index in [9.17, 15) is 4.79 Å². The Balaban J connectivity index is 1.59. The van der Waals surface area contributed by atoms with Crippen LogP contribution in [-0.4, -0.2) is 35.4 Å². The predicted octanol–water partition coefficient (Wildman–Crippen LogP) is 3.74. The van der Waals surface area contributed by atoms with Crippen molar-refractivity contribution in [3.63, 3.8) is 0 Å². The first kappa shape index (κ1) is 18.6. The lowest BCUT2D eigenvalue weighted by molar-refractivity contribution is 0.617. The normalized spacial score (nSPS) is 16.2. The van der Waals surface area contributed by atoms with Crippen molar-refractivity contribution in [2.24, 2.45) is 0 Å². The van der Waals surface area contributed by atoms with Crippen LogP contribution in [0.15, 0.2) is 72.6 Å². The first-order chi connectivity index (χ1) is 15.8. The highest BCUT2D eigenvalue weighted by molar-refractivity contribution is 5.95. The Morgan fingerprint density at radius 1 is 1.12 bits per heavy atom. The largest absolute Gasteiger partial charge is 0.346 e. The minimum atomic E-state index is -0.130. The third-order valence-electron chi connectivity index (χ3n) is 6.12. The zero-order valence-electron chi connectivity index (χ0n) is 17.3. The molecule has 4 aromatic heterocycles. The monoisotopic (exact) mass is 423 g/mol. The first-order valence-electron chi connectivity index (χ1n) is 10.6. The van der Waals surface area contributed by atoms with Crippen LogP contribution >= 0.6 is 0 Å². The van der Waals surface area contributed by atoms with E-state index in [1.807, 2.05) is 54.7 Å². The van der Waals surface area contributed by atoms with Gasteiger partial charge in [-0.25, -0.2) is 24.3 Å². The molecule has 5 heterocycles. The summed E-state index contributed by atoms with van der Waals surface area (Å²) in [6, 6.07) is 13.3. The van der Waals surface area contributed by atoms with Crippen molar-refractivity contribution in [3.05, 3.63) is 89.6 Å². The van der Waals surface area contributed by atoms with Crippen molar-refractivity contribution < 1.29 is 0 Å². The van der Waals surface area contributed by atoms with E-state index < -0.39 is 0 Å². The smallest absolute Gasteiger partial charge is 0.339 e. The Kier molecular flexibility index (Phi) is 4.17. The molecule has 1 saturated heterocycles. The Bertz CT molecular complexity index is 1510. The summed E-state index contributed by atoms with van der Waals surface area (Å²) in [5.74, 6) is 1.55. The Hall–Kier alpha value is -4.20. The van der Waals surface area contributed by atoms with Crippen LogP contribution in [0.2, 0.25) is 0 Å². The summed E-state index contributed by atoms with van der Waals surface area (Å²) >= 11 is 0. The van der Waals surface area contributed by atoms with Gasteiger partial charge in [-0.3, -0.25) is 4.40 Å². The molecule has 1 atom stereocenters. The summed E-state index contributed by atoms with van der Waals surface area (Å²) in [5.41, 5.74) is 3.03. The highest BCUT2D eigenvalue weighted by atomic mass is 16.1. The minimum absolute atomic E-state index is 0.103. The fourth-order valence-electron chi connectivity index (χ4n) is 4.68. The van der Waals surface area contributed by atoms with Crippen LogP contribution in [0.4, 0.5) is 5.82 Å². The lowest BCUT2D eigenvalue weighted by Gasteiger charge is -2.28. The SMILES string of the molecule is C=Cc1c[nH]c2ncnc(N3CCCC3c3nc4cccn4c(=O)n3-c3ccccc3)c12. The number of rotatable bonds is 4. The molecule has 0 spiro atoms. The van der Waals surface area contributed by atoms with Gasteiger partial charge in [0.05, 0.1) is 17.1 Å². The fraction of sp³-hybridized carbons (Fsp3) is 0.167. The molecule has 1 unspecified atom stereocenters. The summed E-state index contributed by atoms with van der Waals surface area (Å²) in [5, 5.41) is 0.937. The van der Waals surface area contributed by atoms with E-state index >= 15 is 0 Å². The van der Waals surface area contributed by atoms with Crippen LogP contribution in [0, 0.1) is 0 Å². The van der Waals surface area contributed by atoms with Gasteiger partial charge in [0.1, 0.15) is 29.3 Å². The maximum atomic E-state index is 13.5. The quantitative estimate of drug-likeness (QED) is 0.476. The van der Waals surface area contributed by atoms with Crippen molar-refractivity contribution in [1.82, 2.24) is 28.9 Å². The molecule has 158 valence electrons. The van der Waals surface area contributed by atoms with Crippen molar-refractivity contribution in [2.45, 2.75) is 18.9 Å². The van der Waals surface area contributed by atoms with Gasteiger partial charge in [0.2, 0.25) is 0 Å². The number of aromatic nitrogens is 6. The van der Waals surface area contributed by atoms with E-state index in [2.05, 4.69) is 26.4 Å². The fourth-order valence-corrected chi connectivity index (χ4v) is 4.68. The lowest BCUT2D eigenvalue weighted by atomic mass is 10.1. The van der Waals surface area contributed by atoms with Crippen LogP contribution in [0.1, 0.15) is 30.3 Å². The zero-order valence-corrected chi connectivity index (χ0v) is 17.3. The van der Waals surface area contributed by atoms with Gasteiger partial charge in [0, 0.05) is 24.5 Å². The number of hydrogen-bond donors (Lipinski definition) is 1. The third-order valence-corrected chi connectivity index (χ3v) is 6.12. The molecule has 8 nitrogen and oxygen atoms in total. The van der Waals surface area contributed by atoms with Crippen molar-refractivity contribution in [3.8, 4) is 5.69 Å². The standard InChI is InChI=1S/C24H21N7O/c1-2-16-14-25-21-20(16)23(27-15-26-21)29-12-6-10-18(29)22-28-19-11-7-13-30(19)24(32)31(22)17-8-4-3-5-9-17/h2-5,7-9,11,13-15,18H,1,6,10,12H2,(H,25,26,27). The predicted molar refractivity (Wildman–Crippen MR) is 124 cm³/mol. The zero-order chi connectivity index (χ0) is 21.7. The van der Waals surface area contributed by atoms with Crippen LogP contribution < -0.4 is 10.6 Å². The van der Waals surface area contributed by atoms with Crippen molar-refractivity contribution in [2.75, 3.05) is 11.4 Å². The van der Waals surface area contributed by atoms with Crippen LogP contribution in [-0.2, 0) is 0 Å². The van der Waals surface area contributed by atoms with Crippen molar-refractivity contribution >= 4 is 28.6 Å². The Morgan fingerprint density at radius 3 is 2.84 bits per heavy atom. The summed E-state index contributed by atoms with van der Waals surface area (Å²) in [6.45, 7) is 4.75. The molecule has 0 aliphatic carbocycles. The Morgan fingerprint density at radius 2 is 2.00 bits per heavy atom. The highest BCUT2D eigenvalue weighted by Crippen LogP contribution is 2.38. The average Bonchev–Trinajstić information content (AvgIpc) is 3.58. The molecule has 1 fully saturated rings. The molecule has 6 rings (SSSR count). The van der Waals surface area contributed by atoms with Gasteiger partial charge in [-0.15, -0.1) is 0 Å². The lowest BCUT2D eigenvalue weighted by Crippen LogP contribution is -2.34. The van der Waals surface area contributed by atoms with Crippen LogP contribution in [0.25, 0.3) is 28.4 Å². The van der Waals surface area contributed by atoms with E-state index in [4.69, 9.17) is 4.98 Å². The molecule has 5 aromatic rings. The van der Waals surface area contributed by atoms with Gasteiger partial charge in [-0.2, -0.15) is 0 Å². The molecule has 1 aromatic carbocycles. The number of anilines is 1. The molecule has 0 amide bonds. The van der Waals surface area contributed by atoms with Gasteiger partial charge in [0.15, 0.2) is 0 Å². The van der Waals surface area contributed by atoms with Gasteiger partial charge >= 0.3 is 5.69 Å². The molecule has 1 N–H and O–H groups in total. The second kappa shape index (κ2) is 7.19. The van der Waals surface area contributed by atoms with E-state index in [-0.39, 0.29) is 11.7 Å². The third kappa shape index (κ3) is 2.69. The molecule has 0 radical (unpaired) electrons. The minimum Gasteiger partial charge on any atom is -0.346 e. The topological polar surface area (TPSA) is 84.1 Å². The number of nitrogens with one attached hydrogen (secondary N) is 1. The summed E-state index contributed by atoms with van der Waals surface area (Å²) in [4.78, 5) is 32.9. The van der Waals surface area contributed by atoms with Crippen LogP contribution in [0.5, 0.6) is 0 Å². The summed E-state index contributed by atoms with van der Waals surface area (Å²) in [7, 11) is 0. The number of benzene rings is 1. The second-order valence-corrected chi connectivity index (χ2v) is 7.88. The molecular formula is C24H21N7O. The van der Waals surface area contributed by atoms with Gasteiger partial charge in [-0.05, 0) is 37.1 Å². The molecular weight excluding hydrogens is 402 g/mol. The van der Waals surface area contributed by atoms with Gasteiger partial charge < -0.3 is 9.88 Å². The maximum absolute atomic E-state index is 13.5. The Labute approximate surface area is 183 Å². The second-order valence-electron chi connectivity index (χ2n) is 7.88. The molecule has 1 aliphatic heterocycles. The molecule has 1 aliphatic rings. The number of fused-ring (bicyclic) bond motifs is 2. The number of H-pyrrole nitrogens is 1. The van der Waals surface area contributed by atoms with Crippen molar-refractivity contribution in [1.29, 1.82) is 0 Å². The first-order valence-corrected chi connectivity index (χ1v) is 10.6. The molecule has 0 saturated carbocycles. The number of aromatic amines is 1. The molecule has 32 heavy (non-hydrogen) atoms. The van der Waals surface area contributed by atoms with E-state index in [1.54, 1.807) is 21.5 Å².